The average molecular weight is 163 g/mol. The quantitative estimate of drug-likeness (QED) is 0.533. The van der Waals surface area contributed by atoms with Crippen molar-refractivity contribution in [2.75, 3.05) is 6.54 Å². The number of rotatable bonds is 0. The van der Waals surface area contributed by atoms with E-state index in [-0.39, 0.29) is 5.91 Å². The van der Waals surface area contributed by atoms with Crippen molar-refractivity contribution in [1.82, 2.24) is 4.90 Å². The molecule has 12 heavy (non-hydrogen) atoms. The first kappa shape index (κ1) is 7.59. The first-order valence-corrected chi connectivity index (χ1v) is 4.49. The number of allylic oxidation sites excluding steroid dienone is 3. The maximum Gasteiger partial charge on any atom is 0.231 e. The number of nitrogens with zero attached hydrogens (tertiary/aromatic N) is 1. The number of fused-ring (bicyclic) bond motifs is 1. The van der Waals surface area contributed by atoms with E-state index in [1.165, 1.54) is 11.3 Å². The molecule has 0 spiro atoms. The van der Waals surface area contributed by atoms with Crippen molar-refractivity contribution in [3.63, 3.8) is 0 Å². The van der Waals surface area contributed by atoms with Crippen molar-refractivity contribution in [2.45, 2.75) is 26.2 Å². The number of carbonyl (C=O) groups is 1. The van der Waals surface area contributed by atoms with Crippen molar-refractivity contribution in [2.24, 2.45) is 0 Å². The first-order valence-electron chi connectivity index (χ1n) is 4.49. The van der Waals surface area contributed by atoms with Gasteiger partial charge in [0.15, 0.2) is 0 Å². The van der Waals surface area contributed by atoms with E-state index in [0.717, 1.165) is 19.4 Å². The molecular formula is C10H13NO. The average Bonchev–Trinajstić information content (AvgIpc) is 2.44. The van der Waals surface area contributed by atoms with Crippen LogP contribution in [0, 0.1) is 0 Å². The van der Waals surface area contributed by atoms with E-state index in [1.807, 2.05) is 11.8 Å². The largest absolute Gasteiger partial charge is 0.312 e. The van der Waals surface area contributed by atoms with Gasteiger partial charge in [-0.15, -0.1) is 0 Å². The van der Waals surface area contributed by atoms with Gasteiger partial charge in [-0.1, -0.05) is 12.2 Å². The van der Waals surface area contributed by atoms with E-state index in [9.17, 15) is 4.79 Å². The highest BCUT2D eigenvalue weighted by molar-refractivity contribution is 5.87. The number of hydrogen-bond donors (Lipinski definition) is 0. The summed E-state index contributed by atoms with van der Waals surface area (Å²) in [5, 5.41) is 0. The summed E-state index contributed by atoms with van der Waals surface area (Å²) in [6, 6.07) is 0. The van der Waals surface area contributed by atoms with Crippen LogP contribution >= 0.6 is 0 Å². The molecule has 2 nitrogen and oxygen atoms in total. The van der Waals surface area contributed by atoms with Crippen LogP contribution in [0.15, 0.2) is 23.4 Å². The van der Waals surface area contributed by atoms with E-state index < -0.39 is 0 Å². The molecule has 0 unspecified atom stereocenters. The molecule has 2 heteroatoms. The molecule has 0 aromatic rings. The van der Waals surface area contributed by atoms with E-state index in [0.29, 0.717) is 6.42 Å². The van der Waals surface area contributed by atoms with Crippen molar-refractivity contribution in [1.29, 1.82) is 0 Å². The lowest BCUT2D eigenvalue weighted by Crippen LogP contribution is -2.26. The first-order chi connectivity index (χ1) is 5.83. The summed E-state index contributed by atoms with van der Waals surface area (Å²) < 4.78 is 0. The molecule has 1 fully saturated rings. The van der Waals surface area contributed by atoms with Crippen LogP contribution in [0.3, 0.4) is 0 Å². The number of carbonyl (C=O) groups excluding carboxylic acids is 1. The van der Waals surface area contributed by atoms with Crippen LogP contribution in [0.2, 0.25) is 0 Å². The van der Waals surface area contributed by atoms with Crippen LogP contribution in [-0.4, -0.2) is 17.4 Å². The second-order valence-electron chi connectivity index (χ2n) is 3.27. The van der Waals surface area contributed by atoms with Gasteiger partial charge in [-0.2, -0.15) is 0 Å². The van der Waals surface area contributed by atoms with Gasteiger partial charge >= 0.3 is 0 Å². The minimum atomic E-state index is 0.272. The van der Waals surface area contributed by atoms with Crippen molar-refractivity contribution in [3.8, 4) is 0 Å². The predicted octanol–water partition coefficient (Wildman–Crippen LogP) is 1.84. The monoisotopic (exact) mass is 163 g/mol. The highest BCUT2D eigenvalue weighted by atomic mass is 16.2. The molecule has 0 aromatic heterocycles. The molecule has 0 radical (unpaired) electrons. The fourth-order valence-electron chi connectivity index (χ4n) is 1.88. The van der Waals surface area contributed by atoms with E-state index in [2.05, 4.69) is 12.2 Å². The lowest BCUT2D eigenvalue weighted by molar-refractivity contribution is -0.126. The van der Waals surface area contributed by atoms with E-state index in [4.69, 9.17) is 0 Å². The summed E-state index contributed by atoms with van der Waals surface area (Å²) in [4.78, 5) is 13.3. The second kappa shape index (κ2) is 2.77. The van der Waals surface area contributed by atoms with E-state index >= 15 is 0 Å². The molecule has 0 aromatic carbocycles. The number of amides is 1. The van der Waals surface area contributed by atoms with Gasteiger partial charge in [0, 0.05) is 12.2 Å². The van der Waals surface area contributed by atoms with Crippen LogP contribution in [-0.2, 0) is 4.79 Å². The lowest BCUT2D eigenvalue weighted by atomic mass is 10.1. The van der Waals surface area contributed by atoms with Gasteiger partial charge in [0.2, 0.25) is 5.91 Å². The Balaban J connectivity index is 2.37. The Hall–Kier alpha value is -1.05. The van der Waals surface area contributed by atoms with Crippen molar-refractivity contribution < 1.29 is 4.79 Å². The van der Waals surface area contributed by atoms with Crippen LogP contribution < -0.4 is 0 Å². The molecule has 0 aliphatic carbocycles. The Morgan fingerprint density at radius 2 is 2.42 bits per heavy atom. The fourth-order valence-corrected chi connectivity index (χ4v) is 1.88. The molecule has 0 N–H and O–H groups in total. The zero-order chi connectivity index (χ0) is 8.55. The van der Waals surface area contributed by atoms with Gasteiger partial charge in [0.1, 0.15) is 0 Å². The molecule has 1 amide bonds. The van der Waals surface area contributed by atoms with E-state index in [1.54, 1.807) is 0 Å². The minimum Gasteiger partial charge on any atom is -0.312 e. The van der Waals surface area contributed by atoms with Gasteiger partial charge in [0.25, 0.3) is 0 Å². The zero-order valence-electron chi connectivity index (χ0n) is 7.34. The number of hydrogen-bond acceptors (Lipinski definition) is 1. The Labute approximate surface area is 72.6 Å². The molecule has 2 heterocycles. The maximum atomic E-state index is 11.4. The molecule has 1 saturated heterocycles. The molecule has 2 rings (SSSR count). The fraction of sp³-hybridized carbons (Fsp3) is 0.500. The summed E-state index contributed by atoms with van der Waals surface area (Å²) in [7, 11) is 0. The molecule has 2 aliphatic rings. The summed E-state index contributed by atoms with van der Waals surface area (Å²) in [5.41, 5.74) is 2.38. The van der Waals surface area contributed by atoms with Crippen LogP contribution in [0.25, 0.3) is 0 Å². The van der Waals surface area contributed by atoms with Crippen LogP contribution in [0.5, 0.6) is 0 Å². The molecular weight excluding hydrogens is 150 g/mol. The molecule has 2 aliphatic heterocycles. The topological polar surface area (TPSA) is 20.3 Å². The smallest absolute Gasteiger partial charge is 0.231 e. The molecule has 64 valence electrons. The Morgan fingerprint density at radius 3 is 3.17 bits per heavy atom. The lowest BCUT2D eigenvalue weighted by Gasteiger charge is -2.21. The third kappa shape index (κ3) is 0.986. The highest BCUT2D eigenvalue weighted by Crippen LogP contribution is 2.31. The zero-order valence-corrected chi connectivity index (χ0v) is 7.34. The second-order valence-corrected chi connectivity index (χ2v) is 3.27. The third-order valence-electron chi connectivity index (χ3n) is 2.53. The van der Waals surface area contributed by atoms with Crippen molar-refractivity contribution >= 4 is 5.91 Å². The Bertz CT molecular complexity index is 276. The SMILES string of the molecule is C/C=C1\CC(=O)N2CCCC=C12. The van der Waals surface area contributed by atoms with Crippen LogP contribution in [0.1, 0.15) is 26.2 Å². The summed E-state index contributed by atoms with van der Waals surface area (Å²) in [6.07, 6.45) is 7.09. The molecule has 0 atom stereocenters. The third-order valence-corrected chi connectivity index (χ3v) is 2.53. The minimum absolute atomic E-state index is 0.272. The van der Waals surface area contributed by atoms with Crippen LogP contribution in [0.4, 0.5) is 0 Å². The van der Waals surface area contributed by atoms with Crippen molar-refractivity contribution in [3.05, 3.63) is 23.4 Å². The highest BCUT2D eigenvalue weighted by Gasteiger charge is 2.30. The molecule has 0 saturated carbocycles. The predicted molar refractivity (Wildman–Crippen MR) is 47.4 cm³/mol. The maximum absolute atomic E-state index is 11.4. The van der Waals surface area contributed by atoms with Gasteiger partial charge in [-0.05, 0) is 25.3 Å². The Kier molecular flexibility index (Phi) is 1.75. The van der Waals surface area contributed by atoms with Gasteiger partial charge in [-0.25, -0.2) is 0 Å². The normalized spacial score (nSPS) is 26.1. The summed E-state index contributed by atoms with van der Waals surface area (Å²) in [5.74, 6) is 0.272. The summed E-state index contributed by atoms with van der Waals surface area (Å²) >= 11 is 0. The van der Waals surface area contributed by atoms with Gasteiger partial charge in [0.05, 0.1) is 6.42 Å². The van der Waals surface area contributed by atoms with Gasteiger partial charge in [-0.3, -0.25) is 4.79 Å². The Morgan fingerprint density at radius 1 is 1.58 bits per heavy atom. The molecule has 0 bridgehead atoms. The standard InChI is InChI=1S/C10H13NO/c1-2-8-7-10(12)11-6-4-3-5-9(8)11/h2,5H,3-4,6-7H2,1H3/b8-2+. The summed E-state index contributed by atoms with van der Waals surface area (Å²) in [6.45, 7) is 2.92. The van der Waals surface area contributed by atoms with Gasteiger partial charge < -0.3 is 4.90 Å².